The molecular weight excluding hydrogens is 268 g/mol. The number of carbonyl (C=O) groups is 1. The second-order valence-corrected chi connectivity index (χ2v) is 4.49. The van der Waals surface area contributed by atoms with Crippen molar-refractivity contribution >= 4 is 12.1 Å². The minimum absolute atomic E-state index is 0.331. The number of nitrogens with one attached hydrogen (secondary N) is 1. The van der Waals surface area contributed by atoms with Crippen LogP contribution in [0.15, 0.2) is 41.6 Å². The van der Waals surface area contributed by atoms with Crippen molar-refractivity contribution in [3.8, 4) is 5.75 Å². The molecule has 110 valence electrons. The molecule has 1 aromatic carbocycles. The highest BCUT2D eigenvalue weighted by molar-refractivity contribution is 5.93. The Morgan fingerprint density at radius 3 is 2.76 bits per heavy atom. The molecule has 0 spiro atoms. The van der Waals surface area contributed by atoms with Crippen LogP contribution in [0, 0.1) is 0 Å². The van der Waals surface area contributed by atoms with Crippen molar-refractivity contribution in [2.45, 2.75) is 13.3 Å². The summed E-state index contributed by atoms with van der Waals surface area (Å²) >= 11 is 0. The van der Waals surface area contributed by atoms with Crippen LogP contribution in [0.1, 0.15) is 29.4 Å². The van der Waals surface area contributed by atoms with E-state index < -0.39 is 0 Å². The van der Waals surface area contributed by atoms with Crippen molar-refractivity contribution < 1.29 is 9.53 Å². The summed E-state index contributed by atoms with van der Waals surface area (Å²) in [5, 5.41) is 7.89. The smallest absolute Gasteiger partial charge is 0.291 e. The van der Waals surface area contributed by atoms with E-state index in [1.54, 1.807) is 30.2 Å². The third kappa shape index (κ3) is 4.45. The molecule has 1 N–H and O–H groups in total. The zero-order chi connectivity index (χ0) is 15.1. The molecule has 21 heavy (non-hydrogen) atoms. The summed E-state index contributed by atoms with van der Waals surface area (Å²) in [6.07, 6.45) is 4.25. The predicted octanol–water partition coefficient (Wildman–Crippen LogP) is 1.97. The second-order valence-electron chi connectivity index (χ2n) is 4.49. The van der Waals surface area contributed by atoms with Gasteiger partial charge in [0.15, 0.2) is 5.69 Å². The SMILES string of the molecule is CCCOc1ccc(/C=N/NC(=O)c2ccn(C)n2)cc1. The number of amides is 1. The minimum Gasteiger partial charge on any atom is -0.494 e. The maximum Gasteiger partial charge on any atom is 0.291 e. The molecular formula is C15H18N4O2. The molecule has 2 aromatic rings. The van der Waals surface area contributed by atoms with Gasteiger partial charge in [-0.15, -0.1) is 0 Å². The lowest BCUT2D eigenvalue weighted by Gasteiger charge is -2.03. The molecule has 1 amide bonds. The Morgan fingerprint density at radius 2 is 2.14 bits per heavy atom. The standard InChI is InChI=1S/C15H18N4O2/c1-3-10-21-13-6-4-12(5-7-13)11-16-17-15(20)14-8-9-19(2)18-14/h4-9,11H,3,10H2,1-2H3,(H,17,20)/b16-11+. The molecule has 0 fully saturated rings. The molecule has 0 radical (unpaired) electrons. The average molecular weight is 286 g/mol. The summed E-state index contributed by atoms with van der Waals surface area (Å²) in [7, 11) is 1.75. The van der Waals surface area contributed by atoms with Gasteiger partial charge in [-0.2, -0.15) is 10.2 Å². The summed E-state index contributed by atoms with van der Waals surface area (Å²) in [4.78, 5) is 11.7. The van der Waals surface area contributed by atoms with E-state index in [9.17, 15) is 4.79 Å². The lowest BCUT2D eigenvalue weighted by atomic mass is 10.2. The van der Waals surface area contributed by atoms with Gasteiger partial charge in [-0.05, 0) is 42.3 Å². The Balaban J connectivity index is 1.87. The van der Waals surface area contributed by atoms with Gasteiger partial charge in [-0.1, -0.05) is 6.92 Å². The molecule has 0 atom stereocenters. The van der Waals surface area contributed by atoms with Gasteiger partial charge in [-0.3, -0.25) is 9.48 Å². The summed E-state index contributed by atoms with van der Waals surface area (Å²) in [6, 6.07) is 9.13. The van der Waals surface area contributed by atoms with Crippen molar-refractivity contribution in [3.05, 3.63) is 47.8 Å². The van der Waals surface area contributed by atoms with Crippen LogP contribution in [0.3, 0.4) is 0 Å². The van der Waals surface area contributed by atoms with Gasteiger partial charge in [0, 0.05) is 13.2 Å². The van der Waals surface area contributed by atoms with Crippen LogP contribution >= 0.6 is 0 Å². The van der Waals surface area contributed by atoms with Crippen LogP contribution in [0.25, 0.3) is 0 Å². The number of hydrogen-bond acceptors (Lipinski definition) is 4. The summed E-state index contributed by atoms with van der Waals surface area (Å²) < 4.78 is 7.05. The number of aromatic nitrogens is 2. The van der Waals surface area contributed by atoms with Crippen LogP contribution in [-0.2, 0) is 7.05 Å². The molecule has 0 aliphatic rings. The molecule has 0 saturated heterocycles. The van der Waals surface area contributed by atoms with Crippen molar-refractivity contribution in [2.75, 3.05) is 6.61 Å². The van der Waals surface area contributed by atoms with Gasteiger partial charge in [-0.25, -0.2) is 5.43 Å². The number of ether oxygens (including phenoxy) is 1. The number of rotatable bonds is 6. The van der Waals surface area contributed by atoms with Crippen molar-refractivity contribution in [2.24, 2.45) is 12.1 Å². The van der Waals surface area contributed by atoms with Gasteiger partial charge in [0.2, 0.25) is 0 Å². The fourth-order valence-corrected chi connectivity index (χ4v) is 1.63. The normalized spacial score (nSPS) is 10.8. The van der Waals surface area contributed by atoms with E-state index in [4.69, 9.17) is 4.74 Å². The van der Waals surface area contributed by atoms with Crippen molar-refractivity contribution in [1.29, 1.82) is 0 Å². The highest BCUT2D eigenvalue weighted by Gasteiger charge is 2.06. The molecule has 2 rings (SSSR count). The van der Waals surface area contributed by atoms with Crippen LogP contribution in [-0.4, -0.2) is 28.5 Å². The lowest BCUT2D eigenvalue weighted by molar-refractivity contribution is 0.0949. The van der Waals surface area contributed by atoms with Gasteiger partial charge in [0.1, 0.15) is 5.75 Å². The maximum absolute atomic E-state index is 11.7. The second kappa shape index (κ2) is 7.23. The quantitative estimate of drug-likeness (QED) is 0.652. The fraction of sp³-hybridized carbons (Fsp3) is 0.267. The number of carbonyl (C=O) groups excluding carboxylic acids is 1. The first-order chi connectivity index (χ1) is 10.2. The summed E-state index contributed by atoms with van der Waals surface area (Å²) in [6.45, 7) is 2.76. The van der Waals surface area contributed by atoms with Gasteiger partial charge in [0.05, 0.1) is 12.8 Å². The highest BCUT2D eigenvalue weighted by Crippen LogP contribution is 2.11. The first kappa shape index (κ1) is 14.8. The van der Waals surface area contributed by atoms with Gasteiger partial charge >= 0.3 is 0 Å². The molecule has 1 heterocycles. The zero-order valence-corrected chi connectivity index (χ0v) is 12.1. The summed E-state index contributed by atoms with van der Waals surface area (Å²) in [5.41, 5.74) is 3.64. The van der Waals surface area contributed by atoms with Gasteiger partial charge < -0.3 is 4.74 Å². The Morgan fingerprint density at radius 1 is 1.38 bits per heavy atom. The number of hydrogen-bond donors (Lipinski definition) is 1. The van der Waals surface area contributed by atoms with Crippen molar-refractivity contribution in [1.82, 2.24) is 15.2 Å². The number of nitrogens with zero attached hydrogens (tertiary/aromatic N) is 3. The zero-order valence-electron chi connectivity index (χ0n) is 12.1. The van der Waals surface area contributed by atoms with Gasteiger partial charge in [0.25, 0.3) is 5.91 Å². The molecule has 6 nitrogen and oxygen atoms in total. The third-order valence-corrected chi connectivity index (χ3v) is 2.68. The largest absolute Gasteiger partial charge is 0.494 e. The average Bonchev–Trinajstić information content (AvgIpc) is 2.93. The van der Waals surface area contributed by atoms with E-state index in [1.807, 2.05) is 24.3 Å². The lowest BCUT2D eigenvalue weighted by Crippen LogP contribution is -2.18. The topological polar surface area (TPSA) is 68.5 Å². The first-order valence-corrected chi connectivity index (χ1v) is 6.75. The Bertz CT molecular complexity index is 617. The maximum atomic E-state index is 11.7. The molecule has 0 aliphatic heterocycles. The number of hydrazone groups is 1. The van der Waals surface area contributed by atoms with E-state index in [0.29, 0.717) is 12.3 Å². The minimum atomic E-state index is -0.338. The molecule has 0 aliphatic carbocycles. The van der Waals surface area contributed by atoms with Crippen LogP contribution in [0.4, 0.5) is 0 Å². The number of aryl methyl sites for hydroxylation is 1. The van der Waals surface area contributed by atoms with E-state index in [1.165, 1.54) is 0 Å². The molecule has 6 heteroatoms. The van der Waals surface area contributed by atoms with E-state index >= 15 is 0 Å². The molecule has 0 bridgehead atoms. The molecule has 0 saturated carbocycles. The fourth-order valence-electron chi connectivity index (χ4n) is 1.63. The van der Waals surface area contributed by atoms with Crippen molar-refractivity contribution in [3.63, 3.8) is 0 Å². The Labute approximate surface area is 123 Å². The predicted molar refractivity (Wildman–Crippen MR) is 80.5 cm³/mol. The van der Waals surface area contributed by atoms with E-state index in [0.717, 1.165) is 17.7 Å². The third-order valence-electron chi connectivity index (χ3n) is 2.68. The van der Waals surface area contributed by atoms with Crippen LogP contribution in [0.5, 0.6) is 5.75 Å². The molecule has 1 aromatic heterocycles. The first-order valence-electron chi connectivity index (χ1n) is 6.75. The van der Waals surface area contributed by atoms with Crippen LogP contribution < -0.4 is 10.2 Å². The monoisotopic (exact) mass is 286 g/mol. The van der Waals surface area contributed by atoms with E-state index in [2.05, 4.69) is 22.5 Å². The summed E-state index contributed by atoms with van der Waals surface area (Å²) in [5.74, 6) is 0.487. The Kier molecular flexibility index (Phi) is 5.09. The highest BCUT2D eigenvalue weighted by atomic mass is 16.5. The van der Waals surface area contributed by atoms with Crippen LogP contribution in [0.2, 0.25) is 0 Å². The molecule has 0 unspecified atom stereocenters. The Hall–Kier alpha value is -2.63. The number of benzene rings is 1. The van der Waals surface area contributed by atoms with E-state index in [-0.39, 0.29) is 5.91 Å².